The average Bonchev–Trinajstić information content (AvgIpc) is 2.99. The number of ether oxygens (including phenoxy) is 1. The van der Waals surface area contributed by atoms with Crippen LogP contribution < -0.4 is 9.64 Å². The van der Waals surface area contributed by atoms with Crippen molar-refractivity contribution in [1.82, 2.24) is 0 Å². The number of phenolic OH excluding ortho intramolecular Hbond substituents is 1. The lowest BCUT2D eigenvalue weighted by molar-refractivity contribution is -0.113. The van der Waals surface area contributed by atoms with Crippen molar-refractivity contribution in [2.75, 3.05) is 4.90 Å². The minimum absolute atomic E-state index is 0.135. The summed E-state index contributed by atoms with van der Waals surface area (Å²) in [4.78, 5) is 14.8. The van der Waals surface area contributed by atoms with E-state index in [1.807, 2.05) is 24.3 Å². The molecule has 4 nitrogen and oxygen atoms in total. The molecule has 0 atom stereocenters. The minimum atomic E-state index is -0.188. The molecule has 0 aromatic heterocycles. The second-order valence-corrected chi connectivity index (χ2v) is 8.27. The van der Waals surface area contributed by atoms with E-state index in [2.05, 4.69) is 0 Å². The fourth-order valence-electron chi connectivity index (χ4n) is 2.71. The van der Waals surface area contributed by atoms with E-state index in [1.165, 1.54) is 28.8 Å². The number of aromatic hydroxyl groups is 1. The van der Waals surface area contributed by atoms with Gasteiger partial charge in [-0.2, -0.15) is 0 Å². The van der Waals surface area contributed by atoms with Gasteiger partial charge in [-0.3, -0.25) is 9.69 Å². The molecular weight excluding hydrogens is 426 g/mol. The molecule has 0 aliphatic carbocycles. The first-order chi connectivity index (χ1) is 14.0. The van der Waals surface area contributed by atoms with E-state index >= 15 is 0 Å². The molecule has 3 aromatic carbocycles. The molecule has 1 saturated heterocycles. The maximum absolute atomic E-state index is 12.8. The number of nitrogens with zero attached hydrogens (tertiary/aromatic N) is 1. The molecule has 0 unspecified atom stereocenters. The van der Waals surface area contributed by atoms with Gasteiger partial charge in [-0.15, -0.1) is 0 Å². The summed E-state index contributed by atoms with van der Waals surface area (Å²) in [5, 5.41) is 10.1. The van der Waals surface area contributed by atoms with Crippen molar-refractivity contribution >= 4 is 57.6 Å². The molecule has 0 radical (unpaired) electrons. The number of benzene rings is 3. The third kappa shape index (κ3) is 4.45. The predicted octanol–water partition coefficient (Wildman–Crippen LogP) is 6.24. The molecule has 1 aliphatic heterocycles. The van der Waals surface area contributed by atoms with Gasteiger partial charge in [0.2, 0.25) is 0 Å². The molecule has 0 spiro atoms. The van der Waals surface area contributed by atoms with E-state index in [4.69, 9.17) is 28.6 Å². The van der Waals surface area contributed by atoms with Crippen molar-refractivity contribution in [1.29, 1.82) is 0 Å². The van der Waals surface area contributed by atoms with Gasteiger partial charge in [0.05, 0.1) is 10.6 Å². The Labute approximate surface area is 182 Å². The summed E-state index contributed by atoms with van der Waals surface area (Å²) in [5.41, 5.74) is 1.49. The van der Waals surface area contributed by atoms with Gasteiger partial charge in [-0.25, -0.2) is 0 Å². The lowest BCUT2D eigenvalue weighted by atomic mass is 10.2. The molecule has 1 heterocycles. The average molecular weight is 440 g/mol. The number of halogens is 1. The Balaban J connectivity index is 1.50. The Morgan fingerprint density at radius 3 is 2.14 bits per heavy atom. The zero-order chi connectivity index (χ0) is 20.4. The number of anilines is 1. The van der Waals surface area contributed by atoms with Crippen LogP contribution in [0.15, 0.2) is 77.7 Å². The fourth-order valence-corrected chi connectivity index (χ4v) is 4.14. The van der Waals surface area contributed by atoms with Crippen LogP contribution in [0, 0.1) is 0 Å². The van der Waals surface area contributed by atoms with E-state index < -0.39 is 0 Å². The molecule has 1 fully saturated rings. The number of thioether (sulfide) groups is 1. The van der Waals surface area contributed by atoms with Crippen LogP contribution in [-0.4, -0.2) is 15.3 Å². The van der Waals surface area contributed by atoms with E-state index in [0.29, 0.717) is 31.4 Å². The number of thiocarbonyl (C=S) groups is 1. The summed E-state index contributed by atoms with van der Waals surface area (Å²) in [6.07, 6.45) is 1.80. The normalized spacial score (nSPS) is 15.2. The van der Waals surface area contributed by atoms with Crippen LogP contribution in [0.25, 0.3) is 6.08 Å². The van der Waals surface area contributed by atoms with Gasteiger partial charge in [0, 0.05) is 5.02 Å². The van der Waals surface area contributed by atoms with Crippen molar-refractivity contribution in [3.63, 3.8) is 0 Å². The fraction of sp³-hybridized carbons (Fsp3) is 0. The molecule has 0 saturated carbocycles. The van der Waals surface area contributed by atoms with E-state index in [9.17, 15) is 9.90 Å². The zero-order valence-corrected chi connectivity index (χ0v) is 17.3. The van der Waals surface area contributed by atoms with Crippen LogP contribution in [0.1, 0.15) is 5.56 Å². The van der Waals surface area contributed by atoms with Crippen LogP contribution in [0.4, 0.5) is 5.69 Å². The number of amides is 1. The highest BCUT2D eigenvalue weighted by Gasteiger charge is 2.33. The number of carbonyl (C=O) groups excluding carboxylic acids is 1. The second kappa shape index (κ2) is 8.29. The number of hydrogen-bond acceptors (Lipinski definition) is 5. The summed E-state index contributed by atoms with van der Waals surface area (Å²) in [6.45, 7) is 0. The lowest BCUT2D eigenvalue weighted by Gasteiger charge is -2.14. The minimum Gasteiger partial charge on any atom is -0.508 e. The van der Waals surface area contributed by atoms with E-state index in [0.717, 1.165) is 5.56 Å². The van der Waals surface area contributed by atoms with Crippen LogP contribution in [-0.2, 0) is 4.79 Å². The highest BCUT2D eigenvalue weighted by molar-refractivity contribution is 8.27. The van der Waals surface area contributed by atoms with Gasteiger partial charge in [0.15, 0.2) is 4.32 Å². The van der Waals surface area contributed by atoms with Gasteiger partial charge < -0.3 is 9.84 Å². The molecule has 0 bridgehead atoms. The van der Waals surface area contributed by atoms with Crippen LogP contribution in [0.3, 0.4) is 0 Å². The zero-order valence-electron chi connectivity index (χ0n) is 14.9. The van der Waals surface area contributed by atoms with Crippen molar-refractivity contribution in [3.05, 3.63) is 88.3 Å². The number of rotatable bonds is 4. The number of hydrogen-bond donors (Lipinski definition) is 1. The van der Waals surface area contributed by atoms with Gasteiger partial charge in [0.1, 0.15) is 17.2 Å². The van der Waals surface area contributed by atoms with E-state index in [1.54, 1.807) is 42.5 Å². The quantitative estimate of drug-likeness (QED) is 0.385. The molecule has 29 heavy (non-hydrogen) atoms. The highest BCUT2D eigenvalue weighted by atomic mass is 35.5. The molecule has 1 aliphatic rings. The van der Waals surface area contributed by atoms with Gasteiger partial charge >= 0.3 is 0 Å². The Bertz CT molecular complexity index is 1090. The Kier molecular flexibility index (Phi) is 5.58. The SMILES string of the molecule is O=C1/C(=C/c2ccc(Oc3ccc(Cl)cc3)cc2)SC(=S)N1c1ccc(O)cc1. The highest BCUT2D eigenvalue weighted by Crippen LogP contribution is 2.36. The van der Waals surface area contributed by atoms with E-state index in [-0.39, 0.29) is 11.7 Å². The standard InChI is InChI=1S/C22H14ClNO3S2/c23-15-3-11-19(12-4-15)27-18-9-1-14(2-10-18)13-20-21(26)24(22(28)29-20)16-5-7-17(25)8-6-16/h1-13,25H/b20-13-. The smallest absolute Gasteiger partial charge is 0.270 e. The van der Waals surface area contributed by atoms with Crippen LogP contribution >= 0.6 is 35.6 Å². The summed E-state index contributed by atoms with van der Waals surface area (Å²) in [6, 6.07) is 20.9. The first-order valence-corrected chi connectivity index (χ1v) is 10.2. The topological polar surface area (TPSA) is 49.8 Å². The van der Waals surface area contributed by atoms with Crippen molar-refractivity contribution < 1.29 is 14.6 Å². The maximum atomic E-state index is 12.8. The first-order valence-electron chi connectivity index (χ1n) is 8.60. The number of carbonyl (C=O) groups is 1. The maximum Gasteiger partial charge on any atom is 0.270 e. The Hall–Kier alpha value is -2.80. The van der Waals surface area contributed by atoms with Crippen molar-refractivity contribution in [2.24, 2.45) is 0 Å². The third-order valence-electron chi connectivity index (χ3n) is 4.13. The second-order valence-electron chi connectivity index (χ2n) is 6.16. The summed E-state index contributed by atoms with van der Waals surface area (Å²) in [5.74, 6) is 1.32. The number of phenols is 1. The van der Waals surface area contributed by atoms with Crippen molar-refractivity contribution in [2.45, 2.75) is 0 Å². The monoisotopic (exact) mass is 439 g/mol. The summed E-state index contributed by atoms with van der Waals surface area (Å²) < 4.78 is 6.23. The van der Waals surface area contributed by atoms with Crippen molar-refractivity contribution in [3.8, 4) is 17.2 Å². The predicted molar refractivity (Wildman–Crippen MR) is 122 cm³/mol. The van der Waals surface area contributed by atoms with Crippen LogP contribution in [0.2, 0.25) is 5.02 Å². The molecule has 3 aromatic rings. The first kappa shape index (κ1) is 19.5. The molecule has 1 N–H and O–H groups in total. The van der Waals surface area contributed by atoms with Gasteiger partial charge in [-0.05, 0) is 72.3 Å². The van der Waals surface area contributed by atoms with Gasteiger partial charge in [-0.1, -0.05) is 47.7 Å². The molecule has 144 valence electrons. The Morgan fingerprint density at radius 1 is 0.931 bits per heavy atom. The van der Waals surface area contributed by atoms with Gasteiger partial charge in [0.25, 0.3) is 5.91 Å². The third-order valence-corrected chi connectivity index (χ3v) is 5.68. The summed E-state index contributed by atoms with van der Waals surface area (Å²) >= 11 is 12.5. The molecular formula is C22H14ClNO3S2. The molecule has 1 amide bonds. The lowest BCUT2D eigenvalue weighted by Crippen LogP contribution is -2.27. The largest absolute Gasteiger partial charge is 0.508 e. The summed E-state index contributed by atoms with van der Waals surface area (Å²) in [7, 11) is 0. The van der Waals surface area contributed by atoms with Crippen LogP contribution in [0.5, 0.6) is 17.2 Å². The molecule has 4 rings (SSSR count). The Morgan fingerprint density at radius 2 is 1.52 bits per heavy atom. The molecule has 7 heteroatoms.